The summed E-state index contributed by atoms with van der Waals surface area (Å²) in [7, 11) is -3.40. The van der Waals surface area contributed by atoms with Gasteiger partial charge in [0.05, 0.1) is 11.3 Å². The van der Waals surface area contributed by atoms with Crippen LogP contribution in [-0.2, 0) is 21.2 Å². The summed E-state index contributed by atoms with van der Waals surface area (Å²) in [5, 5.41) is 0. The Kier molecular flexibility index (Phi) is 7.44. The van der Waals surface area contributed by atoms with Crippen molar-refractivity contribution in [2.24, 2.45) is 0 Å². The van der Waals surface area contributed by atoms with Crippen LogP contribution in [0.2, 0.25) is 0 Å². The van der Waals surface area contributed by atoms with E-state index in [-0.39, 0.29) is 5.91 Å². The van der Waals surface area contributed by atoms with Crippen LogP contribution in [0.1, 0.15) is 51.5 Å². The van der Waals surface area contributed by atoms with Gasteiger partial charge in [-0.2, -0.15) is 4.31 Å². The standard InChI is InChI=1S/C19H30N2O3S/c1-3-5-13-20(4-2)19(22)16-17-9-11-18(12-10-17)25(23,24)21-14-7-6-8-15-21/h9-12H,3-8,13-16H2,1-2H3. The SMILES string of the molecule is CCCCN(CC)C(=O)Cc1ccc(S(=O)(=O)N2CCCCC2)cc1. The van der Waals surface area contributed by atoms with Gasteiger partial charge in [-0.15, -0.1) is 0 Å². The zero-order valence-corrected chi connectivity index (χ0v) is 16.2. The van der Waals surface area contributed by atoms with Crippen molar-refractivity contribution >= 4 is 15.9 Å². The minimum atomic E-state index is -3.40. The van der Waals surface area contributed by atoms with E-state index in [9.17, 15) is 13.2 Å². The number of amides is 1. The first-order valence-corrected chi connectivity index (χ1v) is 10.8. The smallest absolute Gasteiger partial charge is 0.243 e. The van der Waals surface area contributed by atoms with Gasteiger partial charge in [-0.05, 0) is 43.9 Å². The number of benzene rings is 1. The molecule has 1 aliphatic heterocycles. The highest BCUT2D eigenvalue weighted by atomic mass is 32.2. The molecule has 1 aliphatic rings. The number of carbonyl (C=O) groups is 1. The van der Waals surface area contributed by atoms with Gasteiger partial charge in [0.1, 0.15) is 0 Å². The van der Waals surface area contributed by atoms with Crippen molar-refractivity contribution in [1.82, 2.24) is 9.21 Å². The quantitative estimate of drug-likeness (QED) is 0.710. The molecule has 1 aromatic rings. The molecule has 25 heavy (non-hydrogen) atoms. The molecule has 0 unspecified atom stereocenters. The Labute approximate surface area is 152 Å². The molecule has 6 heteroatoms. The van der Waals surface area contributed by atoms with Gasteiger partial charge in [-0.25, -0.2) is 8.42 Å². The lowest BCUT2D eigenvalue weighted by Gasteiger charge is -2.26. The fraction of sp³-hybridized carbons (Fsp3) is 0.632. The van der Waals surface area contributed by atoms with Crippen LogP contribution >= 0.6 is 0 Å². The summed E-state index contributed by atoms with van der Waals surface area (Å²) in [6.07, 6.45) is 5.34. The molecule has 1 heterocycles. The second-order valence-corrected chi connectivity index (χ2v) is 8.55. The van der Waals surface area contributed by atoms with Crippen LogP contribution < -0.4 is 0 Å². The third-order valence-corrected chi connectivity index (χ3v) is 6.66. The molecule has 1 fully saturated rings. The first-order valence-electron chi connectivity index (χ1n) is 9.36. The molecule has 140 valence electrons. The van der Waals surface area contributed by atoms with E-state index in [1.165, 1.54) is 0 Å². The van der Waals surface area contributed by atoms with Crippen LogP contribution in [0.15, 0.2) is 29.2 Å². The molecule has 0 N–H and O–H groups in total. The number of nitrogens with zero attached hydrogens (tertiary/aromatic N) is 2. The van der Waals surface area contributed by atoms with Crippen molar-refractivity contribution in [3.05, 3.63) is 29.8 Å². The minimum Gasteiger partial charge on any atom is -0.343 e. The third-order valence-electron chi connectivity index (χ3n) is 4.75. The average molecular weight is 367 g/mol. The predicted octanol–water partition coefficient (Wildman–Crippen LogP) is 3.05. The Bertz CT molecular complexity index is 650. The van der Waals surface area contributed by atoms with Gasteiger partial charge in [0.15, 0.2) is 0 Å². The normalized spacial score (nSPS) is 15.9. The summed E-state index contributed by atoms with van der Waals surface area (Å²) >= 11 is 0. The lowest BCUT2D eigenvalue weighted by molar-refractivity contribution is -0.130. The van der Waals surface area contributed by atoms with Crippen molar-refractivity contribution in [3.63, 3.8) is 0 Å². The molecule has 0 aromatic heterocycles. The summed E-state index contributed by atoms with van der Waals surface area (Å²) < 4.78 is 26.9. The van der Waals surface area contributed by atoms with Gasteiger partial charge >= 0.3 is 0 Å². The van der Waals surface area contributed by atoms with Gasteiger partial charge in [-0.3, -0.25) is 4.79 Å². The molecule has 1 saturated heterocycles. The number of piperidine rings is 1. The maximum atomic E-state index is 12.6. The Balaban J connectivity index is 2.02. The summed E-state index contributed by atoms with van der Waals surface area (Å²) in [6, 6.07) is 6.80. The van der Waals surface area contributed by atoms with E-state index < -0.39 is 10.0 Å². The number of hydrogen-bond acceptors (Lipinski definition) is 3. The van der Waals surface area contributed by atoms with Crippen LogP contribution in [0.5, 0.6) is 0 Å². The van der Waals surface area contributed by atoms with E-state index in [4.69, 9.17) is 0 Å². The molecule has 0 bridgehead atoms. The zero-order chi connectivity index (χ0) is 18.3. The van der Waals surface area contributed by atoms with E-state index in [0.717, 1.165) is 44.2 Å². The molecule has 1 aromatic carbocycles. The van der Waals surface area contributed by atoms with Crippen molar-refractivity contribution < 1.29 is 13.2 Å². The van der Waals surface area contributed by atoms with Crippen LogP contribution in [0, 0.1) is 0 Å². The van der Waals surface area contributed by atoms with Gasteiger partial charge in [-0.1, -0.05) is 31.9 Å². The molecular formula is C19H30N2O3S. The molecule has 0 radical (unpaired) electrons. The monoisotopic (exact) mass is 366 g/mol. The van der Waals surface area contributed by atoms with Crippen LogP contribution in [0.3, 0.4) is 0 Å². The van der Waals surface area contributed by atoms with Crippen LogP contribution in [0.25, 0.3) is 0 Å². The number of likely N-dealkylation sites (N-methyl/N-ethyl adjacent to an activating group) is 1. The number of sulfonamides is 1. The van der Waals surface area contributed by atoms with E-state index in [0.29, 0.717) is 31.0 Å². The molecule has 1 amide bonds. The maximum absolute atomic E-state index is 12.6. The van der Waals surface area contributed by atoms with Crippen molar-refractivity contribution in [1.29, 1.82) is 0 Å². The molecule has 0 spiro atoms. The molecule has 2 rings (SSSR count). The molecule has 5 nitrogen and oxygen atoms in total. The molecule has 0 aliphatic carbocycles. The first kappa shape index (κ1) is 19.9. The maximum Gasteiger partial charge on any atom is 0.243 e. The lowest BCUT2D eigenvalue weighted by Crippen LogP contribution is -2.35. The predicted molar refractivity (Wildman–Crippen MR) is 99.9 cm³/mol. The van der Waals surface area contributed by atoms with E-state index in [1.54, 1.807) is 28.6 Å². The second-order valence-electron chi connectivity index (χ2n) is 6.61. The highest BCUT2D eigenvalue weighted by Gasteiger charge is 2.25. The molecular weight excluding hydrogens is 336 g/mol. The van der Waals surface area contributed by atoms with Gasteiger partial charge in [0.2, 0.25) is 15.9 Å². The van der Waals surface area contributed by atoms with Crippen molar-refractivity contribution in [2.75, 3.05) is 26.2 Å². The fourth-order valence-electron chi connectivity index (χ4n) is 3.13. The van der Waals surface area contributed by atoms with E-state index >= 15 is 0 Å². The number of unbranched alkanes of at least 4 members (excludes halogenated alkanes) is 1. The highest BCUT2D eigenvalue weighted by Crippen LogP contribution is 2.21. The van der Waals surface area contributed by atoms with Gasteiger partial charge in [0.25, 0.3) is 0 Å². The zero-order valence-electron chi connectivity index (χ0n) is 15.4. The third kappa shape index (κ3) is 5.28. The Morgan fingerprint density at radius 3 is 2.28 bits per heavy atom. The number of hydrogen-bond donors (Lipinski definition) is 0. The minimum absolute atomic E-state index is 0.0996. The van der Waals surface area contributed by atoms with Crippen molar-refractivity contribution in [2.45, 2.75) is 57.3 Å². The second kappa shape index (κ2) is 9.34. The fourth-order valence-corrected chi connectivity index (χ4v) is 4.65. The number of rotatable bonds is 8. The highest BCUT2D eigenvalue weighted by molar-refractivity contribution is 7.89. The lowest BCUT2D eigenvalue weighted by atomic mass is 10.1. The Hall–Kier alpha value is -1.40. The Morgan fingerprint density at radius 2 is 1.72 bits per heavy atom. The van der Waals surface area contributed by atoms with Gasteiger partial charge < -0.3 is 4.90 Å². The summed E-state index contributed by atoms with van der Waals surface area (Å²) in [5.74, 6) is 0.0996. The summed E-state index contributed by atoms with van der Waals surface area (Å²) in [5.41, 5.74) is 0.859. The van der Waals surface area contributed by atoms with Crippen LogP contribution in [0.4, 0.5) is 0 Å². The Morgan fingerprint density at radius 1 is 1.08 bits per heavy atom. The summed E-state index contributed by atoms with van der Waals surface area (Å²) in [4.78, 5) is 14.6. The van der Waals surface area contributed by atoms with E-state index in [1.807, 2.05) is 11.8 Å². The summed E-state index contributed by atoms with van der Waals surface area (Å²) in [6.45, 7) is 6.80. The van der Waals surface area contributed by atoms with Gasteiger partial charge in [0, 0.05) is 26.2 Å². The average Bonchev–Trinajstić information content (AvgIpc) is 2.63. The topological polar surface area (TPSA) is 57.7 Å². The largest absolute Gasteiger partial charge is 0.343 e. The number of carbonyl (C=O) groups excluding carboxylic acids is 1. The van der Waals surface area contributed by atoms with E-state index in [2.05, 4.69) is 6.92 Å². The molecule has 0 atom stereocenters. The van der Waals surface area contributed by atoms with Crippen molar-refractivity contribution in [3.8, 4) is 0 Å². The molecule has 0 saturated carbocycles. The van der Waals surface area contributed by atoms with Crippen LogP contribution in [-0.4, -0.2) is 49.7 Å². The first-order chi connectivity index (χ1) is 12.0.